The summed E-state index contributed by atoms with van der Waals surface area (Å²) >= 11 is 0. The number of nitrogens with one attached hydrogen (secondary N) is 2. The smallest absolute Gasteiger partial charge is 0.250 e. The molecule has 0 unspecified atom stereocenters. The van der Waals surface area contributed by atoms with Gasteiger partial charge in [-0.1, -0.05) is 18.2 Å². The molecule has 2 aromatic rings. The van der Waals surface area contributed by atoms with Gasteiger partial charge < -0.3 is 20.5 Å². The van der Waals surface area contributed by atoms with Crippen molar-refractivity contribution in [2.24, 2.45) is 17.6 Å². The quantitative estimate of drug-likeness (QED) is 0.479. The van der Waals surface area contributed by atoms with Gasteiger partial charge in [0.25, 0.3) is 0 Å². The molecule has 0 radical (unpaired) electrons. The van der Waals surface area contributed by atoms with E-state index in [1.807, 2.05) is 32.0 Å². The molecule has 2 fully saturated rings. The van der Waals surface area contributed by atoms with Gasteiger partial charge in [-0.05, 0) is 49.1 Å². The molecule has 37 heavy (non-hydrogen) atoms. The molecule has 0 saturated carbocycles. The van der Waals surface area contributed by atoms with E-state index >= 15 is 0 Å². The molecule has 2 saturated heterocycles. The minimum absolute atomic E-state index is 0.126. The summed E-state index contributed by atoms with van der Waals surface area (Å²) < 4.78 is 10.6. The Morgan fingerprint density at radius 2 is 1.78 bits per heavy atom. The molecule has 2 aromatic carbocycles. The first-order chi connectivity index (χ1) is 17.6. The number of aryl methyl sites for hydroxylation is 1. The zero-order valence-electron chi connectivity index (χ0n) is 21.2. The summed E-state index contributed by atoms with van der Waals surface area (Å²) in [5.74, 6) is -2.61. The number of imide groups is 1. The van der Waals surface area contributed by atoms with Crippen molar-refractivity contribution >= 4 is 29.3 Å². The lowest BCUT2D eigenvalue weighted by Gasteiger charge is -2.29. The molecule has 0 aliphatic carbocycles. The Hall–Kier alpha value is -3.92. The van der Waals surface area contributed by atoms with Crippen molar-refractivity contribution in [1.82, 2.24) is 10.2 Å². The van der Waals surface area contributed by atoms with Gasteiger partial charge in [-0.15, -0.1) is 0 Å². The maximum atomic E-state index is 13.9. The third kappa shape index (κ3) is 3.58. The number of rotatable bonds is 7. The van der Waals surface area contributed by atoms with Gasteiger partial charge in [0.1, 0.15) is 5.54 Å². The van der Waals surface area contributed by atoms with E-state index < -0.39 is 47.0 Å². The molecule has 10 nitrogen and oxygen atoms in total. The zero-order chi connectivity index (χ0) is 26.6. The average molecular weight is 507 g/mol. The van der Waals surface area contributed by atoms with Crippen molar-refractivity contribution in [3.63, 3.8) is 0 Å². The molecule has 4 N–H and O–H groups in total. The number of likely N-dealkylation sites (tertiary alicyclic amines) is 1. The van der Waals surface area contributed by atoms with E-state index in [1.165, 1.54) is 12.0 Å². The number of carbonyl (C=O) groups excluding carboxylic acids is 4. The van der Waals surface area contributed by atoms with Gasteiger partial charge in [-0.25, -0.2) is 0 Å². The summed E-state index contributed by atoms with van der Waals surface area (Å²) in [5.41, 5.74) is 8.04. The van der Waals surface area contributed by atoms with Crippen LogP contribution in [0.5, 0.6) is 11.5 Å². The van der Waals surface area contributed by atoms with Crippen LogP contribution >= 0.6 is 0 Å². The van der Waals surface area contributed by atoms with Crippen LogP contribution in [0.1, 0.15) is 28.7 Å². The summed E-state index contributed by atoms with van der Waals surface area (Å²) in [6.07, 6.45) is 0.220. The Kier molecular flexibility index (Phi) is 5.94. The molecule has 0 aromatic heterocycles. The van der Waals surface area contributed by atoms with Crippen LogP contribution in [0, 0.1) is 25.7 Å². The normalized spacial score (nSPS) is 25.9. The van der Waals surface area contributed by atoms with E-state index in [4.69, 9.17) is 15.2 Å². The maximum absolute atomic E-state index is 13.9. The first-order valence-corrected chi connectivity index (χ1v) is 12.2. The molecule has 5 rings (SSSR count). The van der Waals surface area contributed by atoms with Gasteiger partial charge in [0.05, 0.1) is 26.1 Å². The lowest BCUT2D eigenvalue weighted by atomic mass is 9.76. The van der Waals surface area contributed by atoms with E-state index in [1.54, 1.807) is 19.2 Å². The lowest BCUT2D eigenvalue weighted by Crippen LogP contribution is -2.53. The summed E-state index contributed by atoms with van der Waals surface area (Å²) in [6.45, 7) is 3.96. The van der Waals surface area contributed by atoms with Crippen LogP contribution in [-0.2, 0) is 31.1 Å². The van der Waals surface area contributed by atoms with Crippen LogP contribution in [0.25, 0.3) is 0 Å². The van der Waals surface area contributed by atoms with Crippen molar-refractivity contribution < 1.29 is 28.7 Å². The van der Waals surface area contributed by atoms with E-state index in [-0.39, 0.29) is 13.0 Å². The highest BCUT2D eigenvalue weighted by Crippen LogP contribution is 2.54. The van der Waals surface area contributed by atoms with Crippen molar-refractivity contribution in [3.8, 4) is 11.5 Å². The molecule has 4 amide bonds. The largest absolute Gasteiger partial charge is 0.493 e. The van der Waals surface area contributed by atoms with Crippen LogP contribution in [-0.4, -0.2) is 55.3 Å². The SMILES string of the molecule is COc1ccc(CCN2C(=O)[C@@H]3[C@@H](CC(N)=O)N[C@@]4(C(=O)Nc5c4ccc(C)c5C)[C@H]3C2=O)cc1OC. The van der Waals surface area contributed by atoms with E-state index in [0.29, 0.717) is 29.2 Å². The number of primary amides is 1. The predicted octanol–water partition coefficient (Wildman–Crippen LogP) is 1.16. The van der Waals surface area contributed by atoms with Crippen molar-refractivity contribution in [2.75, 3.05) is 26.1 Å². The molecule has 4 atom stereocenters. The fourth-order valence-corrected chi connectivity index (χ4v) is 6.07. The molecular weight excluding hydrogens is 476 g/mol. The first-order valence-electron chi connectivity index (χ1n) is 12.2. The number of fused-ring (bicyclic) bond motifs is 4. The number of nitrogens with two attached hydrogens (primary N) is 1. The Morgan fingerprint density at radius 3 is 2.46 bits per heavy atom. The van der Waals surface area contributed by atoms with Gasteiger partial charge in [-0.3, -0.25) is 29.4 Å². The highest BCUT2D eigenvalue weighted by Gasteiger charge is 2.70. The van der Waals surface area contributed by atoms with Gasteiger partial charge in [0.15, 0.2) is 11.5 Å². The summed E-state index contributed by atoms with van der Waals surface area (Å²) in [5, 5.41) is 6.16. The second-order valence-electron chi connectivity index (χ2n) is 9.88. The molecule has 194 valence electrons. The fourth-order valence-electron chi connectivity index (χ4n) is 6.07. The standard InChI is InChI=1S/C27H30N4O6/c1-13-5-7-16-23(14(13)2)29-26(35)27(16)22-21(17(30-27)12-20(28)32)24(33)31(25(22)34)10-9-15-6-8-18(36-3)19(11-15)37-4/h5-8,11,17,21-22,30H,9-10,12H2,1-4H3,(H2,28,32)(H,29,35)/t17-,21-,22-,27-/m1/s1. The number of anilines is 1. The highest BCUT2D eigenvalue weighted by molar-refractivity contribution is 6.15. The van der Waals surface area contributed by atoms with E-state index in [9.17, 15) is 19.2 Å². The minimum atomic E-state index is -1.45. The summed E-state index contributed by atoms with van der Waals surface area (Å²) in [6, 6.07) is 8.37. The fraction of sp³-hybridized carbons (Fsp3) is 0.407. The number of hydrogen-bond donors (Lipinski definition) is 3. The first kappa shape index (κ1) is 24.8. The molecule has 1 spiro atoms. The number of ether oxygens (including phenoxy) is 2. The predicted molar refractivity (Wildman–Crippen MR) is 134 cm³/mol. The number of benzene rings is 2. The summed E-state index contributed by atoms with van der Waals surface area (Å²) in [7, 11) is 3.08. The third-order valence-corrected chi connectivity index (χ3v) is 8.01. The third-order valence-electron chi connectivity index (χ3n) is 8.01. The van der Waals surface area contributed by atoms with E-state index in [0.717, 1.165) is 16.7 Å². The molecule has 10 heteroatoms. The number of hydrogen-bond acceptors (Lipinski definition) is 7. The Balaban J connectivity index is 1.51. The second kappa shape index (κ2) is 8.88. The molecule has 3 heterocycles. The van der Waals surface area contributed by atoms with Crippen LogP contribution in [0.4, 0.5) is 5.69 Å². The Labute approximate surface area is 214 Å². The van der Waals surface area contributed by atoms with Crippen LogP contribution in [0.2, 0.25) is 0 Å². The lowest BCUT2D eigenvalue weighted by molar-refractivity contribution is -0.142. The molecule has 0 bridgehead atoms. The average Bonchev–Trinajstić information content (AvgIpc) is 3.44. The second-order valence-corrected chi connectivity index (χ2v) is 9.88. The Morgan fingerprint density at radius 1 is 1.05 bits per heavy atom. The Bertz CT molecular complexity index is 1340. The maximum Gasteiger partial charge on any atom is 0.250 e. The number of carbonyl (C=O) groups is 4. The summed E-state index contributed by atoms with van der Waals surface area (Å²) in [4.78, 5) is 54.2. The van der Waals surface area contributed by atoms with Gasteiger partial charge in [0.2, 0.25) is 23.6 Å². The van der Waals surface area contributed by atoms with Gasteiger partial charge in [-0.2, -0.15) is 0 Å². The molecule has 3 aliphatic rings. The van der Waals surface area contributed by atoms with Crippen LogP contribution in [0.3, 0.4) is 0 Å². The minimum Gasteiger partial charge on any atom is -0.493 e. The highest BCUT2D eigenvalue weighted by atomic mass is 16.5. The van der Waals surface area contributed by atoms with Gasteiger partial charge in [0, 0.05) is 30.3 Å². The number of methoxy groups -OCH3 is 2. The monoisotopic (exact) mass is 506 g/mol. The van der Waals surface area contributed by atoms with Crippen molar-refractivity contribution in [3.05, 3.63) is 52.6 Å². The molecular formula is C27H30N4O6. The topological polar surface area (TPSA) is 140 Å². The zero-order valence-corrected chi connectivity index (χ0v) is 21.2. The number of amides is 4. The van der Waals surface area contributed by atoms with Gasteiger partial charge >= 0.3 is 0 Å². The number of nitrogens with zero attached hydrogens (tertiary/aromatic N) is 1. The van der Waals surface area contributed by atoms with Crippen LogP contribution < -0.4 is 25.8 Å². The van der Waals surface area contributed by atoms with Crippen molar-refractivity contribution in [1.29, 1.82) is 0 Å². The van der Waals surface area contributed by atoms with Crippen LogP contribution in [0.15, 0.2) is 30.3 Å². The molecule has 3 aliphatic heterocycles. The van der Waals surface area contributed by atoms with Crippen molar-refractivity contribution in [2.45, 2.75) is 38.3 Å². The van der Waals surface area contributed by atoms with E-state index in [2.05, 4.69) is 10.6 Å².